The first-order chi connectivity index (χ1) is 9.72. The summed E-state index contributed by atoms with van der Waals surface area (Å²) in [6, 6.07) is 11.8. The van der Waals surface area contributed by atoms with E-state index in [1.807, 2.05) is 18.2 Å². The summed E-state index contributed by atoms with van der Waals surface area (Å²) in [5, 5.41) is 12.0. The lowest BCUT2D eigenvalue weighted by Gasteiger charge is -2.10. The van der Waals surface area contributed by atoms with Gasteiger partial charge in [-0.15, -0.1) is 0 Å². The van der Waals surface area contributed by atoms with Crippen LogP contribution in [0.5, 0.6) is 5.75 Å². The lowest BCUT2D eigenvalue weighted by Crippen LogP contribution is -2.07. The highest BCUT2D eigenvalue weighted by atomic mass is 16.5. The van der Waals surface area contributed by atoms with E-state index in [9.17, 15) is 0 Å². The molecule has 1 aromatic heterocycles. The van der Waals surface area contributed by atoms with E-state index in [1.165, 1.54) is 11.1 Å². The molecule has 0 saturated heterocycles. The number of hydrogen-bond donors (Lipinski definition) is 1. The van der Waals surface area contributed by atoms with Crippen molar-refractivity contribution in [3.63, 3.8) is 0 Å². The van der Waals surface area contributed by atoms with Gasteiger partial charge in [0.15, 0.2) is 0 Å². The third-order valence-corrected chi connectivity index (χ3v) is 3.03. The summed E-state index contributed by atoms with van der Waals surface area (Å²) in [4.78, 5) is 4.18. The third kappa shape index (κ3) is 3.48. The highest BCUT2D eigenvalue weighted by Crippen LogP contribution is 2.20. The monoisotopic (exact) mass is 267 g/mol. The SMILES string of the molecule is COc1ccc(C)cc1CCNc1ccc(C#N)cn1. The maximum absolute atomic E-state index is 8.71. The lowest BCUT2D eigenvalue weighted by atomic mass is 10.1. The van der Waals surface area contributed by atoms with Crippen LogP contribution in [-0.4, -0.2) is 18.6 Å². The van der Waals surface area contributed by atoms with Crippen LogP contribution in [0.4, 0.5) is 5.82 Å². The number of ether oxygens (including phenoxy) is 1. The Kier molecular flexibility index (Phi) is 4.56. The number of rotatable bonds is 5. The number of pyridine rings is 1. The molecular formula is C16H17N3O. The molecule has 0 atom stereocenters. The number of anilines is 1. The van der Waals surface area contributed by atoms with E-state index in [2.05, 4.69) is 29.4 Å². The fraction of sp³-hybridized carbons (Fsp3) is 0.250. The zero-order chi connectivity index (χ0) is 14.4. The van der Waals surface area contributed by atoms with E-state index in [0.717, 1.165) is 24.5 Å². The number of nitriles is 1. The molecule has 102 valence electrons. The summed E-state index contributed by atoms with van der Waals surface area (Å²) in [6.45, 7) is 2.83. The van der Waals surface area contributed by atoms with Crippen molar-refractivity contribution < 1.29 is 4.74 Å². The van der Waals surface area contributed by atoms with Gasteiger partial charge in [0.05, 0.1) is 12.7 Å². The Morgan fingerprint density at radius 1 is 1.30 bits per heavy atom. The minimum Gasteiger partial charge on any atom is -0.496 e. The van der Waals surface area contributed by atoms with Crippen molar-refractivity contribution in [2.45, 2.75) is 13.3 Å². The normalized spacial score (nSPS) is 9.85. The van der Waals surface area contributed by atoms with Gasteiger partial charge in [-0.25, -0.2) is 4.98 Å². The van der Waals surface area contributed by atoms with E-state index in [1.54, 1.807) is 19.4 Å². The molecule has 0 spiro atoms. The fourth-order valence-electron chi connectivity index (χ4n) is 1.99. The Bertz CT molecular complexity index is 615. The molecule has 0 radical (unpaired) electrons. The van der Waals surface area contributed by atoms with Gasteiger partial charge < -0.3 is 10.1 Å². The molecule has 0 aliphatic rings. The number of aromatic nitrogens is 1. The summed E-state index contributed by atoms with van der Waals surface area (Å²) >= 11 is 0. The summed E-state index contributed by atoms with van der Waals surface area (Å²) < 4.78 is 5.35. The molecule has 0 amide bonds. The molecule has 20 heavy (non-hydrogen) atoms. The molecule has 0 aliphatic carbocycles. The number of aryl methyl sites for hydroxylation is 1. The Hall–Kier alpha value is -2.54. The lowest BCUT2D eigenvalue weighted by molar-refractivity contribution is 0.410. The van der Waals surface area contributed by atoms with Gasteiger partial charge >= 0.3 is 0 Å². The molecule has 4 heteroatoms. The molecule has 0 unspecified atom stereocenters. The first kappa shape index (κ1) is 13.9. The van der Waals surface area contributed by atoms with Gasteiger partial charge in [-0.2, -0.15) is 5.26 Å². The second-order valence-corrected chi connectivity index (χ2v) is 4.54. The second kappa shape index (κ2) is 6.58. The summed E-state index contributed by atoms with van der Waals surface area (Å²) in [5.41, 5.74) is 2.96. The van der Waals surface area contributed by atoms with E-state index in [-0.39, 0.29) is 0 Å². The van der Waals surface area contributed by atoms with Crippen LogP contribution in [0.2, 0.25) is 0 Å². The molecule has 1 heterocycles. The van der Waals surface area contributed by atoms with Crippen molar-refractivity contribution in [1.82, 2.24) is 4.98 Å². The summed E-state index contributed by atoms with van der Waals surface area (Å²) in [7, 11) is 1.68. The van der Waals surface area contributed by atoms with Crippen LogP contribution >= 0.6 is 0 Å². The molecule has 1 aromatic carbocycles. The van der Waals surface area contributed by atoms with Crippen molar-refractivity contribution >= 4 is 5.82 Å². The Labute approximate surface area is 119 Å². The van der Waals surface area contributed by atoms with Crippen LogP contribution in [0.25, 0.3) is 0 Å². The van der Waals surface area contributed by atoms with Crippen molar-refractivity contribution in [3.8, 4) is 11.8 Å². The molecule has 4 nitrogen and oxygen atoms in total. The highest BCUT2D eigenvalue weighted by molar-refractivity contribution is 5.40. The molecule has 0 bridgehead atoms. The van der Waals surface area contributed by atoms with Crippen LogP contribution in [0.15, 0.2) is 36.5 Å². The van der Waals surface area contributed by atoms with Crippen molar-refractivity contribution in [2.75, 3.05) is 19.0 Å². The first-order valence-corrected chi connectivity index (χ1v) is 6.46. The largest absolute Gasteiger partial charge is 0.496 e. The molecule has 2 rings (SSSR count). The average Bonchev–Trinajstić information content (AvgIpc) is 2.48. The quantitative estimate of drug-likeness (QED) is 0.905. The maximum atomic E-state index is 8.71. The predicted molar refractivity (Wildman–Crippen MR) is 78.9 cm³/mol. The van der Waals surface area contributed by atoms with Gasteiger partial charge in [0.1, 0.15) is 17.6 Å². The molecule has 2 aromatic rings. The Morgan fingerprint density at radius 2 is 2.15 bits per heavy atom. The van der Waals surface area contributed by atoms with Gasteiger partial charge in [-0.3, -0.25) is 0 Å². The standard InChI is InChI=1S/C16H17N3O/c1-12-3-5-15(20-2)14(9-12)7-8-18-16-6-4-13(10-17)11-19-16/h3-6,9,11H,7-8H2,1-2H3,(H,18,19). The van der Waals surface area contributed by atoms with Crippen LogP contribution in [-0.2, 0) is 6.42 Å². The van der Waals surface area contributed by atoms with Crippen LogP contribution in [0.3, 0.4) is 0 Å². The molecule has 1 N–H and O–H groups in total. The Morgan fingerprint density at radius 3 is 2.80 bits per heavy atom. The van der Waals surface area contributed by atoms with E-state index in [0.29, 0.717) is 5.56 Å². The van der Waals surface area contributed by atoms with E-state index in [4.69, 9.17) is 10.00 Å². The molecule has 0 fully saturated rings. The maximum Gasteiger partial charge on any atom is 0.125 e. The molecular weight excluding hydrogens is 250 g/mol. The number of nitrogens with zero attached hydrogens (tertiary/aromatic N) is 2. The van der Waals surface area contributed by atoms with Crippen LogP contribution < -0.4 is 10.1 Å². The van der Waals surface area contributed by atoms with Crippen LogP contribution in [0.1, 0.15) is 16.7 Å². The smallest absolute Gasteiger partial charge is 0.125 e. The Balaban J connectivity index is 1.95. The van der Waals surface area contributed by atoms with Crippen molar-refractivity contribution in [2.24, 2.45) is 0 Å². The zero-order valence-electron chi connectivity index (χ0n) is 11.7. The van der Waals surface area contributed by atoms with Gasteiger partial charge in [0.2, 0.25) is 0 Å². The second-order valence-electron chi connectivity index (χ2n) is 4.54. The fourth-order valence-corrected chi connectivity index (χ4v) is 1.99. The van der Waals surface area contributed by atoms with Gasteiger partial charge in [-0.05, 0) is 37.1 Å². The summed E-state index contributed by atoms with van der Waals surface area (Å²) in [6.07, 6.45) is 2.42. The molecule has 0 aliphatic heterocycles. The van der Waals surface area contributed by atoms with Crippen LogP contribution in [0, 0.1) is 18.3 Å². The molecule has 0 saturated carbocycles. The minimum absolute atomic E-state index is 0.566. The number of methoxy groups -OCH3 is 1. The van der Waals surface area contributed by atoms with E-state index >= 15 is 0 Å². The number of hydrogen-bond acceptors (Lipinski definition) is 4. The number of nitrogens with one attached hydrogen (secondary N) is 1. The predicted octanol–water partition coefficient (Wildman–Crippen LogP) is 2.92. The van der Waals surface area contributed by atoms with E-state index < -0.39 is 0 Å². The van der Waals surface area contributed by atoms with Gasteiger partial charge in [-0.1, -0.05) is 17.7 Å². The third-order valence-electron chi connectivity index (χ3n) is 3.03. The number of benzene rings is 1. The zero-order valence-corrected chi connectivity index (χ0v) is 11.7. The van der Waals surface area contributed by atoms with Gasteiger partial charge in [0.25, 0.3) is 0 Å². The highest BCUT2D eigenvalue weighted by Gasteiger charge is 2.03. The van der Waals surface area contributed by atoms with Crippen molar-refractivity contribution in [1.29, 1.82) is 5.26 Å². The summed E-state index contributed by atoms with van der Waals surface area (Å²) in [5.74, 6) is 1.68. The first-order valence-electron chi connectivity index (χ1n) is 6.46. The topological polar surface area (TPSA) is 57.9 Å². The minimum atomic E-state index is 0.566. The van der Waals surface area contributed by atoms with Crippen molar-refractivity contribution in [3.05, 3.63) is 53.2 Å². The van der Waals surface area contributed by atoms with Gasteiger partial charge in [0, 0.05) is 12.7 Å². The average molecular weight is 267 g/mol.